The SMILES string of the molecule is C[C@@H]1CC[C@H](C)N1[C@@H](C)C(=O)NCc1ccc(N2CCCC2)nc1. The molecule has 24 heavy (non-hydrogen) atoms. The third kappa shape index (κ3) is 3.72. The van der Waals surface area contributed by atoms with Crippen molar-refractivity contribution < 1.29 is 4.79 Å². The molecule has 5 heteroatoms. The molecule has 2 aliphatic heterocycles. The van der Waals surface area contributed by atoms with E-state index >= 15 is 0 Å². The first kappa shape index (κ1) is 17.2. The van der Waals surface area contributed by atoms with E-state index in [9.17, 15) is 4.79 Å². The van der Waals surface area contributed by atoms with Gasteiger partial charge in [-0.25, -0.2) is 4.98 Å². The van der Waals surface area contributed by atoms with Gasteiger partial charge in [-0.1, -0.05) is 6.07 Å². The predicted octanol–water partition coefficient (Wildman–Crippen LogP) is 2.56. The molecule has 3 heterocycles. The van der Waals surface area contributed by atoms with Gasteiger partial charge in [0.05, 0.1) is 6.04 Å². The molecule has 2 saturated heterocycles. The molecule has 0 radical (unpaired) electrons. The van der Waals surface area contributed by atoms with Gasteiger partial charge >= 0.3 is 0 Å². The number of nitrogens with zero attached hydrogens (tertiary/aromatic N) is 3. The van der Waals surface area contributed by atoms with Gasteiger partial charge in [-0.2, -0.15) is 0 Å². The monoisotopic (exact) mass is 330 g/mol. The van der Waals surface area contributed by atoms with Crippen LogP contribution in [-0.2, 0) is 11.3 Å². The van der Waals surface area contributed by atoms with Crippen LogP contribution >= 0.6 is 0 Å². The topological polar surface area (TPSA) is 48.5 Å². The zero-order chi connectivity index (χ0) is 17.1. The molecule has 0 aromatic carbocycles. The van der Waals surface area contributed by atoms with E-state index in [-0.39, 0.29) is 11.9 Å². The van der Waals surface area contributed by atoms with Crippen molar-refractivity contribution in [3.8, 4) is 0 Å². The first-order valence-corrected chi connectivity index (χ1v) is 9.31. The summed E-state index contributed by atoms with van der Waals surface area (Å²) in [5.74, 6) is 1.16. The Labute approximate surface area is 145 Å². The third-order valence-corrected chi connectivity index (χ3v) is 5.55. The van der Waals surface area contributed by atoms with Crippen molar-refractivity contribution in [3.63, 3.8) is 0 Å². The Balaban J connectivity index is 1.52. The number of pyridine rings is 1. The first-order valence-electron chi connectivity index (χ1n) is 9.31. The number of carbonyl (C=O) groups is 1. The van der Waals surface area contributed by atoms with Crippen molar-refractivity contribution in [1.29, 1.82) is 0 Å². The summed E-state index contributed by atoms with van der Waals surface area (Å²) in [5, 5.41) is 3.07. The lowest BCUT2D eigenvalue weighted by atomic mass is 10.2. The Morgan fingerprint density at radius 3 is 2.50 bits per heavy atom. The summed E-state index contributed by atoms with van der Waals surface area (Å²) < 4.78 is 0. The zero-order valence-corrected chi connectivity index (χ0v) is 15.2. The van der Waals surface area contributed by atoms with Crippen molar-refractivity contribution in [2.24, 2.45) is 0 Å². The van der Waals surface area contributed by atoms with Gasteiger partial charge in [0.2, 0.25) is 5.91 Å². The second-order valence-corrected chi connectivity index (χ2v) is 7.34. The Hall–Kier alpha value is -1.62. The quantitative estimate of drug-likeness (QED) is 0.901. The second kappa shape index (κ2) is 7.51. The van der Waals surface area contributed by atoms with Gasteiger partial charge in [-0.05, 0) is 58.1 Å². The van der Waals surface area contributed by atoms with Crippen LogP contribution in [0.25, 0.3) is 0 Å². The van der Waals surface area contributed by atoms with Crippen LogP contribution in [0.2, 0.25) is 0 Å². The van der Waals surface area contributed by atoms with E-state index < -0.39 is 0 Å². The summed E-state index contributed by atoms with van der Waals surface area (Å²) in [5.41, 5.74) is 1.06. The molecule has 0 bridgehead atoms. The highest BCUT2D eigenvalue weighted by atomic mass is 16.2. The van der Waals surface area contributed by atoms with E-state index in [4.69, 9.17) is 0 Å². The van der Waals surface area contributed by atoms with E-state index in [0.29, 0.717) is 18.6 Å². The van der Waals surface area contributed by atoms with Gasteiger partial charge in [0.25, 0.3) is 0 Å². The molecule has 1 aromatic rings. The average molecular weight is 330 g/mol. The number of carbonyl (C=O) groups excluding carboxylic acids is 1. The Morgan fingerprint density at radius 1 is 1.25 bits per heavy atom. The number of aromatic nitrogens is 1. The van der Waals surface area contributed by atoms with Crippen molar-refractivity contribution >= 4 is 11.7 Å². The molecular formula is C19H30N4O. The minimum atomic E-state index is -0.0747. The van der Waals surface area contributed by atoms with Crippen LogP contribution in [0.5, 0.6) is 0 Å². The molecule has 1 aromatic heterocycles. The van der Waals surface area contributed by atoms with Crippen LogP contribution in [0.15, 0.2) is 18.3 Å². The van der Waals surface area contributed by atoms with E-state index in [2.05, 4.69) is 46.1 Å². The van der Waals surface area contributed by atoms with Crippen molar-refractivity contribution in [2.45, 2.75) is 71.1 Å². The standard InChI is InChI=1S/C19H30N4O/c1-14-6-7-15(2)23(14)16(3)19(24)21-13-17-8-9-18(20-12-17)22-10-4-5-11-22/h8-9,12,14-16H,4-7,10-11,13H2,1-3H3,(H,21,24)/t14-,15+,16-/m0/s1. The second-order valence-electron chi connectivity index (χ2n) is 7.34. The molecule has 0 saturated carbocycles. The number of nitrogens with one attached hydrogen (secondary N) is 1. The summed E-state index contributed by atoms with van der Waals surface area (Å²) in [6.07, 6.45) is 6.76. The van der Waals surface area contributed by atoms with Crippen molar-refractivity contribution in [1.82, 2.24) is 15.2 Å². The maximum Gasteiger partial charge on any atom is 0.237 e. The Bertz CT molecular complexity index is 543. The molecule has 132 valence electrons. The molecular weight excluding hydrogens is 300 g/mol. The maximum absolute atomic E-state index is 12.5. The minimum Gasteiger partial charge on any atom is -0.357 e. The largest absolute Gasteiger partial charge is 0.357 e. The molecule has 0 spiro atoms. The van der Waals surface area contributed by atoms with Gasteiger partial charge < -0.3 is 10.2 Å². The number of likely N-dealkylation sites (tertiary alicyclic amines) is 1. The van der Waals surface area contributed by atoms with Crippen LogP contribution in [-0.4, -0.2) is 47.0 Å². The fourth-order valence-electron chi connectivity index (χ4n) is 4.11. The molecule has 0 aliphatic carbocycles. The van der Waals surface area contributed by atoms with Gasteiger partial charge in [0.1, 0.15) is 5.82 Å². The fraction of sp³-hybridized carbons (Fsp3) is 0.684. The molecule has 3 atom stereocenters. The normalized spacial score (nSPS) is 25.9. The minimum absolute atomic E-state index is 0.0747. The van der Waals surface area contributed by atoms with Crippen LogP contribution in [0.1, 0.15) is 52.0 Å². The number of anilines is 1. The number of rotatable bonds is 5. The van der Waals surface area contributed by atoms with Crippen LogP contribution in [0.4, 0.5) is 5.82 Å². The van der Waals surface area contributed by atoms with Crippen LogP contribution in [0, 0.1) is 0 Å². The number of hydrogen-bond donors (Lipinski definition) is 1. The van der Waals surface area contributed by atoms with Crippen LogP contribution < -0.4 is 10.2 Å². The van der Waals surface area contributed by atoms with Gasteiger partial charge in [0.15, 0.2) is 0 Å². The van der Waals surface area contributed by atoms with E-state index in [1.54, 1.807) is 0 Å². The van der Waals surface area contributed by atoms with E-state index in [1.807, 2.05) is 13.1 Å². The fourth-order valence-corrected chi connectivity index (χ4v) is 4.11. The maximum atomic E-state index is 12.5. The molecule has 3 rings (SSSR count). The highest BCUT2D eigenvalue weighted by Crippen LogP contribution is 2.26. The molecule has 1 amide bonds. The molecule has 2 fully saturated rings. The van der Waals surface area contributed by atoms with Gasteiger partial charge in [-0.15, -0.1) is 0 Å². The lowest BCUT2D eigenvalue weighted by molar-refractivity contribution is -0.127. The van der Waals surface area contributed by atoms with Crippen LogP contribution in [0.3, 0.4) is 0 Å². The van der Waals surface area contributed by atoms with Crippen molar-refractivity contribution in [2.75, 3.05) is 18.0 Å². The summed E-state index contributed by atoms with van der Waals surface area (Å²) in [7, 11) is 0. The zero-order valence-electron chi connectivity index (χ0n) is 15.2. The smallest absolute Gasteiger partial charge is 0.237 e. The average Bonchev–Trinajstić information content (AvgIpc) is 3.23. The summed E-state index contributed by atoms with van der Waals surface area (Å²) >= 11 is 0. The molecule has 2 aliphatic rings. The Kier molecular flexibility index (Phi) is 5.39. The number of hydrogen-bond acceptors (Lipinski definition) is 4. The lowest BCUT2D eigenvalue weighted by Gasteiger charge is -2.31. The highest BCUT2D eigenvalue weighted by Gasteiger charge is 2.34. The molecule has 0 unspecified atom stereocenters. The van der Waals surface area contributed by atoms with E-state index in [1.165, 1.54) is 25.7 Å². The van der Waals surface area contributed by atoms with Gasteiger partial charge in [-0.3, -0.25) is 9.69 Å². The third-order valence-electron chi connectivity index (χ3n) is 5.55. The van der Waals surface area contributed by atoms with Crippen molar-refractivity contribution in [3.05, 3.63) is 23.9 Å². The van der Waals surface area contributed by atoms with E-state index in [0.717, 1.165) is 24.5 Å². The lowest BCUT2D eigenvalue weighted by Crippen LogP contribution is -2.48. The molecule has 1 N–H and O–H groups in total. The summed E-state index contributed by atoms with van der Waals surface area (Å²) in [6.45, 7) is 9.21. The Morgan fingerprint density at radius 2 is 1.92 bits per heavy atom. The summed E-state index contributed by atoms with van der Waals surface area (Å²) in [6, 6.07) is 5.05. The summed E-state index contributed by atoms with van der Waals surface area (Å²) in [4.78, 5) is 21.7. The predicted molar refractivity (Wildman–Crippen MR) is 97.0 cm³/mol. The highest BCUT2D eigenvalue weighted by molar-refractivity contribution is 5.81. The van der Waals surface area contributed by atoms with Gasteiger partial charge in [0, 0.05) is 37.9 Å². The first-order chi connectivity index (χ1) is 11.6. The molecule has 5 nitrogen and oxygen atoms in total. The number of amides is 1.